The minimum atomic E-state index is -1.07. The summed E-state index contributed by atoms with van der Waals surface area (Å²) in [7, 11) is 0. The molecule has 0 aliphatic heterocycles. The SMILES string of the molecule is OC(CNCc1ncon1)c1ccc(F)cc1F. The first kappa shape index (κ1) is 12.6. The number of aromatic nitrogens is 2. The maximum Gasteiger partial charge on any atom is 0.213 e. The topological polar surface area (TPSA) is 71.2 Å². The number of hydrogen-bond acceptors (Lipinski definition) is 5. The molecule has 0 aliphatic carbocycles. The van der Waals surface area contributed by atoms with Crippen LogP contribution in [0.3, 0.4) is 0 Å². The summed E-state index contributed by atoms with van der Waals surface area (Å²) in [5.74, 6) is -1.02. The Bertz CT molecular complexity index is 505. The maximum atomic E-state index is 13.3. The van der Waals surface area contributed by atoms with Gasteiger partial charge in [0.05, 0.1) is 12.6 Å². The van der Waals surface area contributed by atoms with E-state index in [9.17, 15) is 13.9 Å². The van der Waals surface area contributed by atoms with Crippen LogP contribution in [0.4, 0.5) is 8.78 Å². The molecule has 0 spiro atoms. The molecule has 0 saturated carbocycles. The van der Waals surface area contributed by atoms with Gasteiger partial charge in [0.1, 0.15) is 11.6 Å². The predicted octanol–water partition coefficient (Wildman–Crippen LogP) is 1.17. The van der Waals surface area contributed by atoms with Gasteiger partial charge in [0.2, 0.25) is 6.39 Å². The van der Waals surface area contributed by atoms with Gasteiger partial charge in [0.25, 0.3) is 0 Å². The van der Waals surface area contributed by atoms with Crippen LogP contribution in [0.1, 0.15) is 17.5 Å². The zero-order chi connectivity index (χ0) is 13.0. The summed E-state index contributed by atoms with van der Waals surface area (Å²) in [5.41, 5.74) is 0.0389. The van der Waals surface area contributed by atoms with Crippen LogP contribution in [0, 0.1) is 11.6 Å². The molecule has 1 aromatic carbocycles. The third kappa shape index (κ3) is 3.08. The van der Waals surface area contributed by atoms with Gasteiger partial charge in [-0.2, -0.15) is 4.98 Å². The molecular weight excluding hydrogens is 244 g/mol. The van der Waals surface area contributed by atoms with Crippen LogP contribution in [0.25, 0.3) is 0 Å². The minimum absolute atomic E-state index is 0.0389. The fraction of sp³-hybridized carbons (Fsp3) is 0.273. The smallest absolute Gasteiger partial charge is 0.213 e. The molecule has 5 nitrogen and oxygen atoms in total. The van der Waals surface area contributed by atoms with Crippen molar-refractivity contribution in [1.82, 2.24) is 15.5 Å². The summed E-state index contributed by atoms with van der Waals surface area (Å²) in [6.07, 6.45) is 0.116. The van der Waals surface area contributed by atoms with Crippen LogP contribution in [-0.4, -0.2) is 21.8 Å². The average Bonchev–Trinajstić information content (AvgIpc) is 2.81. The van der Waals surface area contributed by atoms with Crippen molar-refractivity contribution in [3.05, 3.63) is 47.6 Å². The molecule has 0 radical (unpaired) electrons. The lowest BCUT2D eigenvalue weighted by molar-refractivity contribution is 0.169. The van der Waals surface area contributed by atoms with E-state index >= 15 is 0 Å². The Labute approximate surface area is 101 Å². The second kappa shape index (κ2) is 5.65. The molecule has 18 heavy (non-hydrogen) atoms. The van der Waals surface area contributed by atoms with E-state index in [4.69, 9.17) is 0 Å². The van der Waals surface area contributed by atoms with Gasteiger partial charge in [0.15, 0.2) is 5.82 Å². The van der Waals surface area contributed by atoms with E-state index in [1.54, 1.807) is 0 Å². The monoisotopic (exact) mass is 255 g/mol. The highest BCUT2D eigenvalue weighted by Gasteiger charge is 2.13. The summed E-state index contributed by atoms with van der Waals surface area (Å²) < 4.78 is 30.5. The fourth-order valence-electron chi connectivity index (χ4n) is 1.47. The number of benzene rings is 1. The van der Waals surface area contributed by atoms with Gasteiger partial charge in [0, 0.05) is 18.2 Å². The standard InChI is InChI=1S/C11H11F2N3O2/c12-7-1-2-8(9(13)3-7)10(17)4-14-5-11-15-6-18-16-11/h1-3,6,10,14,17H,4-5H2. The summed E-state index contributed by atoms with van der Waals surface area (Å²) in [6.45, 7) is 0.382. The highest BCUT2D eigenvalue weighted by molar-refractivity contribution is 5.21. The zero-order valence-corrected chi connectivity index (χ0v) is 9.31. The Morgan fingerprint density at radius 3 is 2.89 bits per heavy atom. The molecule has 0 aliphatic rings. The van der Waals surface area contributed by atoms with Crippen LogP contribution in [0.15, 0.2) is 29.1 Å². The van der Waals surface area contributed by atoms with Crippen molar-refractivity contribution in [3.8, 4) is 0 Å². The quantitative estimate of drug-likeness (QED) is 0.839. The van der Waals surface area contributed by atoms with Crippen molar-refractivity contribution >= 4 is 0 Å². The predicted molar refractivity (Wildman–Crippen MR) is 57.3 cm³/mol. The fourth-order valence-corrected chi connectivity index (χ4v) is 1.47. The van der Waals surface area contributed by atoms with Crippen LogP contribution in [-0.2, 0) is 6.54 Å². The molecule has 0 fully saturated rings. The first-order valence-electron chi connectivity index (χ1n) is 5.26. The number of nitrogens with zero attached hydrogens (tertiary/aromatic N) is 2. The van der Waals surface area contributed by atoms with Crippen LogP contribution >= 0.6 is 0 Å². The highest BCUT2D eigenvalue weighted by Crippen LogP contribution is 2.17. The first-order valence-corrected chi connectivity index (χ1v) is 5.26. The molecule has 1 aromatic heterocycles. The van der Waals surface area contributed by atoms with E-state index in [0.717, 1.165) is 12.1 Å². The molecule has 2 rings (SSSR count). The van der Waals surface area contributed by atoms with E-state index in [1.807, 2.05) is 0 Å². The van der Waals surface area contributed by atoms with E-state index in [-0.39, 0.29) is 18.7 Å². The lowest BCUT2D eigenvalue weighted by Gasteiger charge is -2.12. The van der Waals surface area contributed by atoms with Crippen molar-refractivity contribution in [2.24, 2.45) is 0 Å². The van der Waals surface area contributed by atoms with Gasteiger partial charge in [-0.3, -0.25) is 0 Å². The van der Waals surface area contributed by atoms with Crippen molar-refractivity contribution < 1.29 is 18.4 Å². The van der Waals surface area contributed by atoms with Gasteiger partial charge >= 0.3 is 0 Å². The largest absolute Gasteiger partial charge is 0.387 e. The molecule has 96 valence electrons. The average molecular weight is 255 g/mol. The van der Waals surface area contributed by atoms with E-state index in [0.29, 0.717) is 5.82 Å². The van der Waals surface area contributed by atoms with E-state index < -0.39 is 17.7 Å². The first-order chi connectivity index (χ1) is 8.66. The van der Waals surface area contributed by atoms with Gasteiger partial charge in [-0.25, -0.2) is 8.78 Å². The molecule has 7 heteroatoms. The molecule has 1 atom stereocenters. The third-order valence-electron chi connectivity index (χ3n) is 2.35. The molecule has 0 bridgehead atoms. The molecule has 0 saturated heterocycles. The lowest BCUT2D eigenvalue weighted by Crippen LogP contribution is -2.22. The van der Waals surface area contributed by atoms with Crippen molar-refractivity contribution in [3.63, 3.8) is 0 Å². The molecule has 2 aromatic rings. The Kier molecular flexibility index (Phi) is 3.96. The second-order valence-electron chi connectivity index (χ2n) is 3.66. The van der Waals surface area contributed by atoms with Gasteiger partial charge in [-0.15, -0.1) is 0 Å². The van der Waals surface area contributed by atoms with Crippen LogP contribution in [0.2, 0.25) is 0 Å². The highest BCUT2D eigenvalue weighted by atomic mass is 19.1. The number of aliphatic hydroxyl groups excluding tert-OH is 1. The molecule has 1 unspecified atom stereocenters. The van der Waals surface area contributed by atoms with Gasteiger partial charge < -0.3 is 14.9 Å². The number of aliphatic hydroxyl groups is 1. The van der Waals surface area contributed by atoms with Gasteiger partial charge in [-0.1, -0.05) is 11.2 Å². The normalized spacial score (nSPS) is 12.6. The summed E-state index contributed by atoms with van der Waals surface area (Å²) in [4.78, 5) is 3.77. The summed E-state index contributed by atoms with van der Waals surface area (Å²) in [6, 6.07) is 3.05. The molecule has 2 N–H and O–H groups in total. The Morgan fingerprint density at radius 2 is 2.22 bits per heavy atom. The Hall–Kier alpha value is -1.86. The minimum Gasteiger partial charge on any atom is -0.387 e. The molecular formula is C11H11F2N3O2. The van der Waals surface area contributed by atoms with Crippen LogP contribution < -0.4 is 5.32 Å². The van der Waals surface area contributed by atoms with E-state index in [1.165, 1.54) is 12.5 Å². The zero-order valence-electron chi connectivity index (χ0n) is 9.31. The van der Waals surface area contributed by atoms with E-state index in [2.05, 4.69) is 20.0 Å². The summed E-state index contributed by atoms with van der Waals surface area (Å²) in [5, 5.41) is 16.1. The van der Waals surface area contributed by atoms with Crippen LogP contribution in [0.5, 0.6) is 0 Å². The second-order valence-corrected chi connectivity index (χ2v) is 3.66. The van der Waals surface area contributed by atoms with Crippen molar-refractivity contribution in [2.75, 3.05) is 6.54 Å². The Morgan fingerprint density at radius 1 is 1.39 bits per heavy atom. The van der Waals surface area contributed by atoms with Crippen molar-refractivity contribution in [2.45, 2.75) is 12.6 Å². The molecule has 1 heterocycles. The maximum absolute atomic E-state index is 13.3. The number of rotatable bonds is 5. The summed E-state index contributed by atoms with van der Waals surface area (Å²) >= 11 is 0. The van der Waals surface area contributed by atoms with Crippen molar-refractivity contribution in [1.29, 1.82) is 0 Å². The third-order valence-corrected chi connectivity index (χ3v) is 2.35. The number of hydrogen-bond donors (Lipinski definition) is 2. The number of nitrogens with one attached hydrogen (secondary N) is 1. The Balaban J connectivity index is 1.89. The molecule has 0 amide bonds. The van der Waals surface area contributed by atoms with Gasteiger partial charge in [-0.05, 0) is 6.07 Å². The number of halogens is 2. The lowest BCUT2D eigenvalue weighted by atomic mass is 10.1.